The third kappa shape index (κ3) is 4.88. The van der Waals surface area contributed by atoms with Crippen molar-refractivity contribution in [2.45, 2.75) is 0 Å². The molecule has 0 saturated carbocycles. The summed E-state index contributed by atoms with van der Waals surface area (Å²) in [6.45, 7) is 0. The maximum atomic E-state index is 2.43. The lowest BCUT2D eigenvalue weighted by molar-refractivity contribution is 1.26. The summed E-state index contributed by atoms with van der Waals surface area (Å²) < 4.78 is 2.43. The molecule has 2 aromatic heterocycles. The van der Waals surface area contributed by atoms with Crippen LogP contribution in [0.4, 0.5) is 17.1 Å². The van der Waals surface area contributed by atoms with Gasteiger partial charge in [0.25, 0.3) is 0 Å². The molecule has 0 unspecified atom stereocenters. The molecule has 0 aliphatic heterocycles. The zero-order chi connectivity index (χ0) is 34.4. The van der Waals surface area contributed by atoms with Gasteiger partial charge in [0.05, 0.1) is 11.0 Å². The zero-order valence-corrected chi connectivity index (χ0v) is 28.5. The molecule has 0 radical (unpaired) electrons. The van der Waals surface area contributed by atoms with Gasteiger partial charge in [-0.3, -0.25) is 0 Å². The van der Waals surface area contributed by atoms with Gasteiger partial charge in [0.15, 0.2) is 0 Å². The van der Waals surface area contributed by atoms with Crippen molar-refractivity contribution >= 4 is 55.0 Å². The summed E-state index contributed by atoms with van der Waals surface area (Å²) >= 11 is 0. The van der Waals surface area contributed by atoms with Gasteiger partial charge in [-0.1, -0.05) is 158 Å². The third-order valence-electron chi connectivity index (χ3n) is 10.4. The maximum absolute atomic E-state index is 2.43. The molecule has 244 valence electrons. The highest BCUT2D eigenvalue weighted by Crippen LogP contribution is 2.46. The fourth-order valence-electron chi connectivity index (χ4n) is 8.06. The number of para-hydroxylation sites is 2. The van der Waals surface area contributed by atoms with E-state index in [4.69, 9.17) is 0 Å². The van der Waals surface area contributed by atoms with Crippen LogP contribution < -0.4 is 4.90 Å². The van der Waals surface area contributed by atoms with Gasteiger partial charge in [-0.15, -0.1) is 0 Å². The lowest BCUT2D eigenvalue weighted by Gasteiger charge is -2.25. The number of benzene rings is 8. The first-order valence-electron chi connectivity index (χ1n) is 17.9. The summed E-state index contributed by atoms with van der Waals surface area (Å²) in [5.41, 5.74) is 13.1. The summed E-state index contributed by atoms with van der Waals surface area (Å²) in [7, 11) is 0. The summed E-state index contributed by atoms with van der Waals surface area (Å²) in [6.07, 6.45) is 2.24. The van der Waals surface area contributed by atoms with Gasteiger partial charge in [-0.2, -0.15) is 0 Å². The Morgan fingerprint density at radius 3 is 1.38 bits per heavy atom. The zero-order valence-electron chi connectivity index (χ0n) is 28.5. The highest BCUT2D eigenvalue weighted by Gasteiger charge is 2.22. The van der Waals surface area contributed by atoms with Crippen LogP contribution in [0.25, 0.3) is 71.3 Å². The van der Waals surface area contributed by atoms with Crippen molar-refractivity contribution in [2.75, 3.05) is 4.90 Å². The molecule has 0 N–H and O–H groups in total. The van der Waals surface area contributed by atoms with Crippen molar-refractivity contribution in [3.05, 3.63) is 206 Å². The molecule has 10 rings (SSSR count). The van der Waals surface area contributed by atoms with E-state index in [2.05, 4.69) is 216 Å². The smallest absolute Gasteiger partial charge is 0.0620 e. The minimum absolute atomic E-state index is 1.12. The fraction of sp³-hybridized carbons (Fsp3) is 0. The first-order chi connectivity index (χ1) is 25.8. The summed E-state index contributed by atoms with van der Waals surface area (Å²) in [5.74, 6) is 0. The van der Waals surface area contributed by atoms with Gasteiger partial charge in [-0.05, 0) is 80.9 Å². The predicted molar refractivity (Wildman–Crippen MR) is 221 cm³/mol. The Bertz CT molecular complexity index is 2820. The molecule has 0 amide bonds. The maximum Gasteiger partial charge on any atom is 0.0620 e. The van der Waals surface area contributed by atoms with Crippen molar-refractivity contribution in [3.8, 4) is 33.4 Å². The minimum Gasteiger partial charge on any atom is -0.315 e. The Kier molecular flexibility index (Phi) is 7.18. The van der Waals surface area contributed by atoms with Crippen molar-refractivity contribution in [3.63, 3.8) is 0 Å². The SMILES string of the molecule is c1ccc(-c2c3c4ccccc4c4ccccc4c3n3cccc(-c4ccc(-c5ccc(N(c6ccccc6)c6ccccc6)cc5)cc4)c23)cc1. The summed E-state index contributed by atoms with van der Waals surface area (Å²) in [6, 6.07) is 72.2. The number of nitrogens with zero attached hydrogens (tertiary/aromatic N) is 2. The van der Waals surface area contributed by atoms with Gasteiger partial charge in [-0.25, -0.2) is 0 Å². The fourth-order valence-corrected chi connectivity index (χ4v) is 8.06. The van der Waals surface area contributed by atoms with Crippen LogP contribution >= 0.6 is 0 Å². The van der Waals surface area contributed by atoms with Gasteiger partial charge in [0.1, 0.15) is 0 Å². The van der Waals surface area contributed by atoms with Crippen LogP contribution in [0.5, 0.6) is 0 Å². The summed E-state index contributed by atoms with van der Waals surface area (Å²) in [5, 5.41) is 6.40. The van der Waals surface area contributed by atoms with E-state index >= 15 is 0 Å². The first-order valence-corrected chi connectivity index (χ1v) is 17.9. The number of fused-ring (bicyclic) bond motifs is 8. The average Bonchev–Trinajstić information content (AvgIpc) is 3.59. The van der Waals surface area contributed by atoms with E-state index in [1.54, 1.807) is 0 Å². The van der Waals surface area contributed by atoms with Crippen LogP contribution in [0, 0.1) is 0 Å². The lowest BCUT2D eigenvalue weighted by atomic mass is 9.92. The highest BCUT2D eigenvalue weighted by atomic mass is 15.1. The van der Waals surface area contributed by atoms with Crippen LogP contribution in [-0.2, 0) is 0 Å². The van der Waals surface area contributed by atoms with Crippen molar-refractivity contribution < 1.29 is 0 Å². The Morgan fingerprint density at radius 1 is 0.308 bits per heavy atom. The largest absolute Gasteiger partial charge is 0.315 e. The number of aromatic nitrogens is 1. The van der Waals surface area contributed by atoms with Crippen LogP contribution in [0.15, 0.2) is 206 Å². The standard InChI is InChI=1S/C50H34N2/c1-4-15-38(16-5-1)47-48-45-23-12-10-21-43(45)44-22-11-13-24-46(44)50(48)51-34-14-25-42(49(47)51)37-28-26-35(27-29-37)36-30-32-41(33-31-36)52(39-17-6-2-7-18-39)40-19-8-3-9-20-40/h1-34H. The van der Waals surface area contributed by atoms with Crippen molar-refractivity contribution in [1.29, 1.82) is 0 Å². The van der Waals surface area contributed by atoms with E-state index in [1.807, 2.05) is 0 Å². The Balaban J connectivity index is 1.11. The molecule has 8 aromatic carbocycles. The van der Waals surface area contributed by atoms with E-state index in [0.717, 1.165) is 17.1 Å². The molecule has 10 aromatic rings. The number of rotatable bonds is 6. The van der Waals surface area contributed by atoms with E-state index in [1.165, 1.54) is 71.3 Å². The van der Waals surface area contributed by atoms with Gasteiger partial charge >= 0.3 is 0 Å². The van der Waals surface area contributed by atoms with E-state index in [-0.39, 0.29) is 0 Å². The Labute approximate surface area is 303 Å². The molecule has 0 spiro atoms. The van der Waals surface area contributed by atoms with Crippen LogP contribution in [-0.4, -0.2) is 4.40 Å². The Morgan fingerprint density at radius 2 is 0.769 bits per heavy atom. The monoisotopic (exact) mass is 662 g/mol. The van der Waals surface area contributed by atoms with E-state index < -0.39 is 0 Å². The second-order valence-electron chi connectivity index (χ2n) is 13.3. The van der Waals surface area contributed by atoms with Crippen LogP contribution in [0.3, 0.4) is 0 Å². The number of hydrogen-bond donors (Lipinski definition) is 0. The third-order valence-corrected chi connectivity index (χ3v) is 10.4. The molecule has 0 fully saturated rings. The predicted octanol–water partition coefficient (Wildman–Crippen LogP) is 13.9. The second-order valence-corrected chi connectivity index (χ2v) is 13.3. The molecule has 0 aliphatic rings. The molecule has 0 bridgehead atoms. The van der Waals surface area contributed by atoms with Crippen molar-refractivity contribution in [2.24, 2.45) is 0 Å². The van der Waals surface area contributed by atoms with Gasteiger partial charge in [0.2, 0.25) is 0 Å². The topological polar surface area (TPSA) is 7.65 Å². The molecular weight excluding hydrogens is 629 g/mol. The van der Waals surface area contributed by atoms with E-state index in [0.29, 0.717) is 0 Å². The molecule has 2 heteroatoms. The molecule has 52 heavy (non-hydrogen) atoms. The molecule has 0 saturated heterocycles. The molecule has 2 nitrogen and oxygen atoms in total. The lowest BCUT2D eigenvalue weighted by Crippen LogP contribution is -2.09. The number of hydrogen-bond acceptors (Lipinski definition) is 1. The molecule has 2 heterocycles. The van der Waals surface area contributed by atoms with E-state index in [9.17, 15) is 0 Å². The molecule has 0 atom stereocenters. The van der Waals surface area contributed by atoms with Crippen LogP contribution in [0.2, 0.25) is 0 Å². The van der Waals surface area contributed by atoms with Gasteiger partial charge < -0.3 is 9.30 Å². The quantitative estimate of drug-likeness (QED) is 0.161. The van der Waals surface area contributed by atoms with Crippen molar-refractivity contribution in [1.82, 2.24) is 4.40 Å². The number of pyridine rings is 1. The number of anilines is 3. The normalized spacial score (nSPS) is 11.5. The molecular formula is C50H34N2. The van der Waals surface area contributed by atoms with Gasteiger partial charge in [0, 0.05) is 45.2 Å². The first kappa shape index (κ1) is 30.0. The highest BCUT2D eigenvalue weighted by molar-refractivity contribution is 6.31. The minimum atomic E-state index is 1.12. The Hall–Kier alpha value is -6.90. The molecule has 0 aliphatic carbocycles. The summed E-state index contributed by atoms with van der Waals surface area (Å²) in [4.78, 5) is 2.30. The van der Waals surface area contributed by atoms with Crippen LogP contribution in [0.1, 0.15) is 0 Å². The average molecular weight is 663 g/mol. The second kappa shape index (κ2) is 12.5.